The number of carbonyl (C=O) groups is 3. The number of carbonyl (C=O) groups excluding carboxylic acids is 2. The highest BCUT2D eigenvalue weighted by Gasteiger charge is 2.38. The molecule has 1 fully saturated rings. The van der Waals surface area contributed by atoms with Crippen LogP contribution in [0.25, 0.3) is 10.9 Å². The van der Waals surface area contributed by atoms with Gasteiger partial charge in [0.05, 0.1) is 28.6 Å². The molecule has 2 aromatic carbocycles. The number of carboxylic acid groups (broad SMARTS) is 1. The van der Waals surface area contributed by atoms with E-state index in [0.717, 1.165) is 16.7 Å². The summed E-state index contributed by atoms with van der Waals surface area (Å²) in [6.07, 6.45) is -5.84. The third-order valence-corrected chi connectivity index (χ3v) is 7.49. The van der Waals surface area contributed by atoms with Crippen LogP contribution >= 0.6 is 0 Å². The molecule has 0 bridgehead atoms. The number of carboxylic acids is 1. The fourth-order valence-corrected chi connectivity index (χ4v) is 5.30. The van der Waals surface area contributed by atoms with Gasteiger partial charge in [0.25, 0.3) is 11.5 Å². The van der Waals surface area contributed by atoms with Crippen LogP contribution in [0.4, 0.5) is 23.7 Å². The first kappa shape index (κ1) is 34.2. The van der Waals surface area contributed by atoms with E-state index in [1.165, 1.54) is 23.8 Å². The molecule has 1 saturated heterocycles. The molecule has 0 radical (unpaired) electrons. The Morgan fingerprint density at radius 2 is 1.76 bits per heavy atom. The molecule has 0 aliphatic carbocycles. The van der Waals surface area contributed by atoms with Crippen molar-refractivity contribution in [1.82, 2.24) is 19.8 Å². The number of methoxy groups -OCH3 is 1. The lowest BCUT2D eigenvalue weighted by Crippen LogP contribution is -2.45. The minimum absolute atomic E-state index is 0.0194. The summed E-state index contributed by atoms with van der Waals surface area (Å²) >= 11 is 0. The predicted octanol–water partition coefficient (Wildman–Crippen LogP) is 3.81. The van der Waals surface area contributed by atoms with E-state index in [0.29, 0.717) is 11.3 Å². The number of rotatable bonds is 8. The zero-order chi connectivity index (χ0) is 34.1. The maximum absolute atomic E-state index is 14.1. The molecule has 12 nitrogen and oxygen atoms in total. The predicted molar refractivity (Wildman–Crippen MR) is 162 cm³/mol. The SMILES string of the molecule is CO[C@@H]1CN(C(=O)c2ccc(N(C)Cc3cc4c(=O)n(CC(=O)O)c(C)nc4cc3C(F)(F)F)cc2)C[C@@H]1NC(=O)OC(C)(C)C. The number of amides is 2. The molecular formula is C31H36F3N5O7. The summed E-state index contributed by atoms with van der Waals surface area (Å²) < 4.78 is 54.0. The van der Waals surface area contributed by atoms with Gasteiger partial charge in [0, 0.05) is 45.0 Å². The summed E-state index contributed by atoms with van der Waals surface area (Å²) in [6, 6.07) is 7.68. The van der Waals surface area contributed by atoms with Crippen molar-refractivity contribution in [2.45, 2.75) is 64.7 Å². The number of alkyl carbamates (subject to hydrolysis) is 1. The maximum Gasteiger partial charge on any atom is 0.416 e. The third kappa shape index (κ3) is 7.76. The van der Waals surface area contributed by atoms with E-state index >= 15 is 0 Å². The van der Waals surface area contributed by atoms with Gasteiger partial charge in [0.15, 0.2) is 0 Å². The molecular weight excluding hydrogens is 611 g/mol. The van der Waals surface area contributed by atoms with Crippen LogP contribution in [0.2, 0.25) is 0 Å². The molecule has 2 heterocycles. The van der Waals surface area contributed by atoms with Gasteiger partial charge in [0.2, 0.25) is 0 Å². The van der Waals surface area contributed by atoms with Crippen LogP contribution in [-0.4, -0.2) is 82.5 Å². The second-order valence-electron chi connectivity index (χ2n) is 12.1. The summed E-state index contributed by atoms with van der Waals surface area (Å²) in [5, 5.41) is 11.8. The lowest BCUT2D eigenvalue weighted by Gasteiger charge is -2.23. The number of nitrogens with zero attached hydrogens (tertiary/aromatic N) is 4. The minimum atomic E-state index is -4.75. The van der Waals surface area contributed by atoms with Gasteiger partial charge in [0.1, 0.15) is 18.0 Å². The monoisotopic (exact) mass is 647 g/mol. The van der Waals surface area contributed by atoms with Crippen LogP contribution in [0, 0.1) is 6.92 Å². The highest BCUT2D eigenvalue weighted by atomic mass is 19.4. The number of anilines is 1. The van der Waals surface area contributed by atoms with Gasteiger partial charge in [-0.3, -0.25) is 19.0 Å². The van der Waals surface area contributed by atoms with Crippen molar-refractivity contribution in [3.05, 3.63) is 69.3 Å². The Balaban J connectivity index is 1.54. The van der Waals surface area contributed by atoms with E-state index < -0.39 is 53.7 Å². The van der Waals surface area contributed by atoms with Crippen molar-refractivity contribution < 1.29 is 42.1 Å². The van der Waals surface area contributed by atoms with E-state index in [4.69, 9.17) is 14.6 Å². The Morgan fingerprint density at radius 3 is 2.33 bits per heavy atom. The lowest BCUT2D eigenvalue weighted by atomic mass is 10.0. The number of fused-ring (bicyclic) bond motifs is 1. The summed E-state index contributed by atoms with van der Waals surface area (Å²) in [5.41, 5.74) is -2.00. The minimum Gasteiger partial charge on any atom is -0.480 e. The maximum atomic E-state index is 14.1. The van der Waals surface area contributed by atoms with Crippen molar-refractivity contribution in [2.75, 3.05) is 32.1 Å². The molecule has 1 aromatic heterocycles. The fraction of sp³-hybridized carbons (Fsp3) is 0.452. The highest BCUT2D eigenvalue weighted by Crippen LogP contribution is 2.35. The molecule has 0 spiro atoms. The number of hydrogen-bond acceptors (Lipinski definition) is 8. The normalized spacial score (nSPS) is 16.8. The molecule has 2 atom stereocenters. The number of hydrogen-bond donors (Lipinski definition) is 2. The summed E-state index contributed by atoms with van der Waals surface area (Å²) in [4.78, 5) is 56.9. The van der Waals surface area contributed by atoms with Gasteiger partial charge < -0.3 is 29.7 Å². The smallest absolute Gasteiger partial charge is 0.416 e. The third-order valence-electron chi connectivity index (χ3n) is 7.49. The molecule has 2 N–H and O–H groups in total. The molecule has 248 valence electrons. The summed E-state index contributed by atoms with van der Waals surface area (Å²) in [7, 11) is 3.05. The Labute approximate surface area is 262 Å². The standard InChI is InChI=1S/C31H36F3N5O7/c1-17-35-23-12-22(31(32,33)34)19(11-21(23)28(43)39(17)16-26(40)41)13-37(5)20-9-7-18(8-10-20)27(42)38-14-24(25(15-38)45-6)36-29(44)46-30(2,3)4/h7-12,24-25H,13-16H2,1-6H3,(H,36,44)(H,40,41)/t24-,25+/m0/s1. The molecule has 1 aliphatic rings. The Kier molecular flexibility index (Phi) is 9.66. The van der Waals surface area contributed by atoms with Crippen molar-refractivity contribution >= 4 is 34.6 Å². The number of halogens is 3. The number of nitrogens with one attached hydrogen (secondary N) is 1. The van der Waals surface area contributed by atoms with E-state index in [1.807, 2.05) is 0 Å². The van der Waals surface area contributed by atoms with Gasteiger partial charge in [-0.2, -0.15) is 13.2 Å². The van der Waals surface area contributed by atoms with Gasteiger partial charge in [-0.25, -0.2) is 9.78 Å². The second-order valence-corrected chi connectivity index (χ2v) is 12.1. The number of aliphatic carboxylic acids is 1. The van der Waals surface area contributed by atoms with E-state index in [9.17, 15) is 32.3 Å². The van der Waals surface area contributed by atoms with Gasteiger partial charge in [-0.15, -0.1) is 0 Å². The number of aryl methyl sites for hydroxylation is 1. The van der Waals surface area contributed by atoms with Crippen molar-refractivity contribution in [3.63, 3.8) is 0 Å². The molecule has 3 aromatic rings. The van der Waals surface area contributed by atoms with Crippen LogP contribution in [0.15, 0.2) is 41.2 Å². The topological polar surface area (TPSA) is 143 Å². The highest BCUT2D eigenvalue weighted by molar-refractivity contribution is 5.95. The van der Waals surface area contributed by atoms with Crippen LogP contribution in [0.5, 0.6) is 0 Å². The second kappa shape index (κ2) is 13.0. The largest absolute Gasteiger partial charge is 0.480 e. The van der Waals surface area contributed by atoms with Crippen molar-refractivity contribution in [3.8, 4) is 0 Å². The van der Waals surface area contributed by atoms with Crippen LogP contribution in [0.3, 0.4) is 0 Å². The fourth-order valence-electron chi connectivity index (χ4n) is 5.30. The average molecular weight is 648 g/mol. The number of likely N-dealkylation sites (tertiary alicyclic amines) is 1. The Hall–Kier alpha value is -4.66. The molecule has 0 unspecified atom stereocenters. The lowest BCUT2D eigenvalue weighted by molar-refractivity contribution is -0.138. The van der Waals surface area contributed by atoms with Crippen LogP contribution < -0.4 is 15.8 Å². The van der Waals surface area contributed by atoms with Gasteiger partial charge >= 0.3 is 18.2 Å². The van der Waals surface area contributed by atoms with Gasteiger partial charge in [-0.1, -0.05) is 0 Å². The van der Waals surface area contributed by atoms with Crippen molar-refractivity contribution in [1.29, 1.82) is 0 Å². The van der Waals surface area contributed by atoms with Crippen LogP contribution in [0.1, 0.15) is 48.1 Å². The number of ether oxygens (including phenoxy) is 2. The average Bonchev–Trinajstić information content (AvgIpc) is 3.35. The number of benzene rings is 2. The van der Waals surface area contributed by atoms with Gasteiger partial charge in [-0.05, 0) is 69.7 Å². The summed E-state index contributed by atoms with van der Waals surface area (Å²) in [6.45, 7) is 6.04. The first-order chi connectivity index (χ1) is 21.4. The zero-order valence-electron chi connectivity index (χ0n) is 26.3. The summed E-state index contributed by atoms with van der Waals surface area (Å²) in [5.74, 6) is -1.63. The van der Waals surface area contributed by atoms with Crippen LogP contribution in [-0.2, 0) is 33.5 Å². The Bertz CT molecular complexity index is 1700. The first-order valence-electron chi connectivity index (χ1n) is 14.3. The molecule has 46 heavy (non-hydrogen) atoms. The first-order valence-corrected chi connectivity index (χ1v) is 14.3. The number of alkyl halides is 3. The molecule has 0 saturated carbocycles. The molecule has 2 amide bonds. The quantitative estimate of drug-likeness (QED) is 0.373. The molecule has 1 aliphatic heterocycles. The molecule has 15 heteroatoms. The van der Waals surface area contributed by atoms with E-state index in [1.54, 1.807) is 52.1 Å². The van der Waals surface area contributed by atoms with E-state index in [-0.39, 0.29) is 47.8 Å². The van der Waals surface area contributed by atoms with Crippen molar-refractivity contribution in [2.24, 2.45) is 0 Å². The van der Waals surface area contributed by atoms with E-state index in [2.05, 4.69) is 10.3 Å². The zero-order valence-corrected chi connectivity index (χ0v) is 26.3. The molecule has 4 rings (SSSR count). The number of aromatic nitrogens is 2. The Morgan fingerprint density at radius 1 is 1.11 bits per heavy atom.